The molecule has 0 aromatic carbocycles. The average Bonchev–Trinajstić information content (AvgIpc) is 2.72. The number of rotatable bonds is 0. The topological polar surface area (TPSA) is 22.0 Å². The van der Waals surface area contributed by atoms with E-state index in [0.717, 1.165) is 16.3 Å². The Morgan fingerprint density at radius 1 is 1.33 bits per heavy atom. The first-order chi connectivity index (χ1) is 5.88. The van der Waals surface area contributed by atoms with E-state index < -0.39 is 0 Å². The monoisotopic (exact) mass is 175 g/mol. The quantitative estimate of drug-likeness (QED) is 0.512. The molecule has 12 heavy (non-hydrogen) atoms. The van der Waals surface area contributed by atoms with Crippen LogP contribution in [-0.4, -0.2) is 10.4 Å². The minimum absolute atomic E-state index is 0.149. The summed E-state index contributed by atoms with van der Waals surface area (Å²) in [5.74, 6) is 0.149. The first-order valence-corrected chi connectivity index (χ1v) is 4.56. The van der Waals surface area contributed by atoms with Gasteiger partial charge in [0.15, 0.2) is 0 Å². The first-order valence-electron chi connectivity index (χ1n) is 3.68. The van der Waals surface area contributed by atoms with Crippen molar-refractivity contribution in [3.63, 3.8) is 0 Å². The molecule has 0 bridgehead atoms. The summed E-state index contributed by atoms with van der Waals surface area (Å²) in [5, 5.41) is 3.01. The molecule has 0 atom stereocenters. The molecule has 2 aromatic rings. The van der Waals surface area contributed by atoms with Crippen molar-refractivity contribution in [2.75, 3.05) is 0 Å². The third kappa shape index (κ3) is 0.539. The van der Waals surface area contributed by atoms with E-state index in [4.69, 9.17) is 0 Å². The maximum Gasteiger partial charge on any atom is 0.212 e. The van der Waals surface area contributed by atoms with Gasteiger partial charge in [-0.25, -0.2) is 0 Å². The molecule has 3 heterocycles. The Hall–Kier alpha value is -1.35. The summed E-state index contributed by atoms with van der Waals surface area (Å²) in [6.45, 7) is 0. The third-order valence-corrected chi connectivity index (χ3v) is 3.00. The van der Waals surface area contributed by atoms with Crippen LogP contribution >= 0.6 is 11.3 Å². The molecule has 2 nitrogen and oxygen atoms in total. The van der Waals surface area contributed by atoms with Crippen LogP contribution in [0.25, 0.3) is 5.00 Å². The Balaban J connectivity index is 2.47. The van der Waals surface area contributed by atoms with Gasteiger partial charge in [-0.15, -0.1) is 11.3 Å². The van der Waals surface area contributed by atoms with E-state index in [0.29, 0.717) is 0 Å². The van der Waals surface area contributed by atoms with Crippen LogP contribution in [0.4, 0.5) is 0 Å². The zero-order chi connectivity index (χ0) is 8.13. The van der Waals surface area contributed by atoms with Crippen LogP contribution in [0.5, 0.6) is 0 Å². The molecule has 0 radical (unpaired) electrons. The number of carbonyl (C=O) groups is 1. The maximum absolute atomic E-state index is 11.6. The Labute approximate surface area is 73.1 Å². The lowest BCUT2D eigenvalue weighted by Gasteiger charge is -1.92. The van der Waals surface area contributed by atoms with Crippen LogP contribution in [-0.2, 0) is 0 Å². The van der Waals surface area contributed by atoms with Gasteiger partial charge in [-0.1, -0.05) is 0 Å². The first kappa shape index (κ1) is 6.20. The second kappa shape index (κ2) is 1.87. The Kier molecular flexibility index (Phi) is 0.966. The van der Waals surface area contributed by atoms with E-state index in [-0.39, 0.29) is 5.78 Å². The number of aromatic nitrogens is 1. The van der Waals surface area contributed by atoms with Crippen LogP contribution in [0.15, 0.2) is 29.8 Å². The van der Waals surface area contributed by atoms with Crippen molar-refractivity contribution in [2.24, 2.45) is 0 Å². The number of carbonyl (C=O) groups excluding carboxylic acids is 1. The number of nitrogens with zero attached hydrogens (tertiary/aromatic N) is 1. The molecule has 0 saturated carbocycles. The van der Waals surface area contributed by atoms with Gasteiger partial charge in [-0.2, -0.15) is 0 Å². The summed E-state index contributed by atoms with van der Waals surface area (Å²) in [6.07, 6.45) is 1.93. The lowest BCUT2D eigenvalue weighted by molar-refractivity contribution is 0.104. The molecule has 0 N–H and O–H groups in total. The Morgan fingerprint density at radius 3 is 3.17 bits per heavy atom. The van der Waals surface area contributed by atoms with E-state index in [1.165, 1.54) is 0 Å². The standard InChI is InChI=1S/C9H5NOS/c11-8-6-3-5-12-9(6)10-4-1-2-7(8)10/h1-5H. The molecule has 58 valence electrons. The smallest absolute Gasteiger partial charge is 0.212 e. The highest BCUT2D eigenvalue weighted by atomic mass is 32.1. The summed E-state index contributed by atoms with van der Waals surface area (Å²) in [7, 11) is 0. The fraction of sp³-hybridized carbons (Fsp3) is 0. The summed E-state index contributed by atoms with van der Waals surface area (Å²) in [4.78, 5) is 11.6. The molecule has 3 heteroatoms. The van der Waals surface area contributed by atoms with Gasteiger partial charge >= 0.3 is 0 Å². The summed E-state index contributed by atoms with van der Waals surface area (Å²) in [6, 6.07) is 5.64. The molecule has 0 amide bonds. The number of fused-ring (bicyclic) bond motifs is 3. The SMILES string of the molecule is O=C1c2ccsc2-n2cccc21. The van der Waals surface area contributed by atoms with E-state index >= 15 is 0 Å². The van der Waals surface area contributed by atoms with E-state index in [1.807, 2.05) is 34.3 Å². The molecule has 2 aromatic heterocycles. The fourth-order valence-corrected chi connectivity index (χ4v) is 2.44. The van der Waals surface area contributed by atoms with Crippen molar-refractivity contribution in [2.45, 2.75) is 0 Å². The molecule has 0 unspecified atom stereocenters. The van der Waals surface area contributed by atoms with Crippen LogP contribution in [0.2, 0.25) is 0 Å². The highest BCUT2D eigenvalue weighted by molar-refractivity contribution is 7.13. The van der Waals surface area contributed by atoms with Gasteiger partial charge in [-0.05, 0) is 23.6 Å². The van der Waals surface area contributed by atoms with Crippen LogP contribution in [0.1, 0.15) is 16.1 Å². The largest absolute Gasteiger partial charge is 0.304 e. The van der Waals surface area contributed by atoms with Gasteiger partial charge in [0.05, 0.1) is 11.3 Å². The van der Waals surface area contributed by atoms with Crippen LogP contribution in [0, 0.1) is 0 Å². The van der Waals surface area contributed by atoms with Gasteiger partial charge in [0.1, 0.15) is 5.00 Å². The van der Waals surface area contributed by atoms with Crippen molar-refractivity contribution < 1.29 is 4.79 Å². The van der Waals surface area contributed by atoms with Gasteiger partial charge in [-0.3, -0.25) is 4.79 Å². The lowest BCUT2D eigenvalue weighted by Crippen LogP contribution is -1.93. The van der Waals surface area contributed by atoms with Crippen molar-refractivity contribution in [3.05, 3.63) is 41.0 Å². The van der Waals surface area contributed by atoms with Gasteiger partial charge < -0.3 is 4.57 Å². The number of hydrogen-bond donors (Lipinski definition) is 0. The lowest BCUT2D eigenvalue weighted by atomic mass is 10.2. The molecular weight excluding hydrogens is 170 g/mol. The van der Waals surface area contributed by atoms with E-state index in [1.54, 1.807) is 11.3 Å². The molecule has 1 aliphatic heterocycles. The minimum Gasteiger partial charge on any atom is -0.304 e. The van der Waals surface area contributed by atoms with Crippen LogP contribution in [0.3, 0.4) is 0 Å². The summed E-state index contributed by atoms with van der Waals surface area (Å²) < 4.78 is 1.95. The number of ketones is 1. The molecule has 3 rings (SSSR count). The predicted molar refractivity (Wildman–Crippen MR) is 47.1 cm³/mol. The molecule has 0 saturated heterocycles. The zero-order valence-electron chi connectivity index (χ0n) is 6.15. The van der Waals surface area contributed by atoms with Crippen LogP contribution < -0.4 is 0 Å². The molecule has 1 aliphatic rings. The van der Waals surface area contributed by atoms with Gasteiger partial charge in [0, 0.05) is 6.20 Å². The van der Waals surface area contributed by atoms with Crippen molar-refractivity contribution in [3.8, 4) is 5.00 Å². The van der Waals surface area contributed by atoms with Crippen molar-refractivity contribution in [1.82, 2.24) is 4.57 Å². The van der Waals surface area contributed by atoms with E-state index in [2.05, 4.69) is 0 Å². The second-order valence-corrected chi connectivity index (χ2v) is 3.63. The van der Waals surface area contributed by atoms with Crippen molar-refractivity contribution in [1.29, 1.82) is 0 Å². The molecule has 0 aliphatic carbocycles. The second-order valence-electron chi connectivity index (χ2n) is 2.73. The third-order valence-electron chi connectivity index (χ3n) is 2.09. The predicted octanol–water partition coefficient (Wildman–Crippen LogP) is 2.08. The zero-order valence-corrected chi connectivity index (χ0v) is 6.97. The highest BCUT2D eigenvalue weighted by Crippen LogP contribution is 2.31. The molecule has 0 fully saturated rings. The van der Waals surface area contributed by atoms with Gasteiger partial charge in [0.25, 0.3) is 0 Å². The number of thiophene rings is 1. The van der Waals surface area contributed by atoms with Crippen molar-refractivity contribution >= 4 is 17.1 Å². The highest BCUT2D eigenvalue weighted by Gasteiger charge is 2.26. The minimum atomic E-state index is 0.149. The average molecular weight is 175 g/mol. The fourth-order valence-electron chi connectivity index (χ4n) is 1.54. The number of hydrogen-bond acceptors (Lipinski definition) is 2. The van der Waals surface area contributed by atoms with E-state index in [9.17, 15) is 4.79 Å². The Bertz CT molecular complexity index is 424. The molecular formula is C9H5NOS. The Morgan fingerprint density at radius 2 is 2.25 bits per heavy atom. The normalized spacial score (nSPS) is 13.2. The summed E-state index contributed by atoms with van der Waals surface area (Å²) >= 11 is 1.61. The summed E-state index contributed by atoms with van der Waals surface area (Å²) in [5.41, 5.74) is 1.63. The maximum atomic E-state index is 11.6. The van der Waals surface area contributed by atoms with Gasteiger partial charge in [0.2, 0.25) is 5.78 Å². The molecule has 0 spiro atoms.